The number of carbonyl (C=O) groups excluding carboxylic acids is 2. The Balaban J connectivity index is 1.45. The molecule has 0 atom stereocenters. The molecule has 0 unspecified atom stereocenters. The predicted molar refractivity (Wildman–Crippen MR) is 84.4 cm³/mol. The van der Waals surface area contributed by atoms with Crippen molar-refractivity contribution in [3.8, 4) is 0 Å². The van der Waals surface area contributed by atoms with Gasteiger partial charge in [-0.15, -0.1) is 0 Å². The Morgan fingerprint density at radius 2 is 1.73 bits per heavy atom. The van der Waals surface area contributed by atoms with Crippen molar-refractivity contribution in [2.45, 2.75) is 18.4 Å². The average molecular weight is 302 g/mol. The van der Waals surface area contributed by atoms with Gasteiger partial charge in [0.05, 0.1) is 12.1 Å². The molecule has 0 bridgehead atoms. The zero-order valence-corrected chi connectivity index (χ0v) is 12.6. The summed E-state index contributed by atoms with van der Waals surface area (Å²) in [6, 6.07) is 10.2. The minimum Gasteiger partial charge on any atom is -0.368 e. The second-order valence-electron chi connectivity index (χ2n) is 6.04. The number of hydrogen-bond donors (Lipinski definition) is 2. The van der Waals surface area contributed by atoms with Crippen LogP contribution in [-0.4, -0.2) is 55.0 Å². The van der Waals surface area contributed by atoms with E-state index in [1.165, 1.54) is 5.69 Å². The minimum absolute atomic E-state index is 0.0367. The van der Waals surface area contributed by atoms with Crippen LogP contribution in [0.15, 0.2) is 30.3 Å². The summed E-state index contributed by atoms with van der Waals surface area (Å²) in [5.74, 6) is -0.242. The van der Waals surface area contributed by atoms with Gasteiger partial charge in [0, 0.05) is 31.9 Å². The number of rotatable bonds is 4. The van der Waals surface area contributed by atoms with Crippen LogP contribution in [0.5, 0.6) is 0 Å². The van der Waals surface area contributed by atoms with Gasteiger partial charge in [0.15, 0.2) is 0 Å². The van der Waals surface area contributed by atoms with Crippen LogP contribution in [0.1, 0.15) is 12.8 Å². The molecule has 1 aliphatic heterocycles. The summed E-state index contributed by atoms with van der Waals surface area (Å²) in [6.45, 7) is 3.02. The molecule has 6 heteroatoms. The molecule has 22 heavy (non-hydrogen) atoms. The van der Waals surface area contributed by atoms with Crippen molar-refractivity contribution in [3.05, 3.63) is 30.3 Å². The van der Waals surface area contributed by atoms with Gasteiger partial charge in [-0.1, -0.05) is 18.2 Å². The Labute approximate surface area is 130 Å². The summed E-state index contributed by atoms with van der Waals surface area (Å²) in [5, 5.41) is 2.66. The molecule has 118 valence electrons. The average Bonchev–Trinajstić information content (AvgIpc) is 3.32. The highest BCUT2D eigenvalue weighted by Gasteiger charge is 2.45. The van der Waals surface area contributed by atoms with Crippen molar-refractivity contribution in [3.63, 3.8) is 0 Å². The fourth-order valence-corrected chi connectivity index (χ4v) is 2.66. The highest BCUT2D eigenvalue weighted by atomic mass is 16.2. The summed E-state index contributed by atoms with van der Waals surface area (Å²) >= 11 is 0. The highest BCUT2D eigenvalue weighted by molar-refractivity contribution is 5.92. The number of carbonyl (C=O) groups is 2. The van der Waals surface area contributed by atoms with Crippen molar-refractivity contribution < 1.29 is 9.59 Å². The Bertz CT molecular complexity index is 549. The lowest BCUT2D eigenvalue weighted by Gasteiger charge is -2.36. The van der Waals surface area contributed by atoms with E-state index in [9.17, 15) is 9.59 Å². The summed E-state index contributed by atoms with van der Waals surface area (Å²) in [4.78, 5) is 27.9. The number of para-hydroxylation sites is 1. The number of amides is 2. The van der Waals surface area contributed by atoms with Gasteiger partial charge in [-0.3, -0.25) is 9.59 Å². The zero-order chi connectivity index (χ0) is 15.6. The fraction of sp³-hybridized carbons (Fsp3) is 0.500. The molecule has 2 amide bonds. The third-order valence-electron chi connectivity index (χ3n) is 4.39. The number of nitrogens with zero attached hydrogens (tertiary/aromatic N) is 2. The Hall–Kier alpha value is -2.08. The van der Waals surface area contributed by atoms with Gasteiger partial charge in [0.1, 0.15) is 0 Å². The van der Waals surface area contributed by atoms with Crippen molar-refractivity contribution in [1.29, 1.82) is 0 Å². The van der Waals surface area contributed by atoms with E-state index in [0.29, 0.717) is 25.9 Å². The maximum Gasteiger partial charge on any atom is 0.242 e. The number of hydrogen-bond acceptors (Lipinski definition) is 4. The molecular weight excluding hydrogens is 280 g/mol. The van der Waals surface area contributed by atoms with Crippen LogP contribution in [0.4, 0.5) is 5.69 Å². The van der Waals surface area contributed by atoms with E-state index in [-0.39, 0.29) is 18.4 Å². The van der Waals surface area contributed by atoms with Crippen LogP contribution in [0.3, 0.4) is 0 Å². The minimum atomic E-state index is -0.716. The highest BCUT2D eigenvalue weighted by Crippen LogP contribution is 2.31. The van der Waals surface area contributed by atoms with Crippen LogP contribution >= 0.6 is 0 Å². The first-order valence-electron chi connectivity index (χ1n) is 7.73. The largest absolute Gasteiger partial charge is 0.368 e. The summed E-state index contributed by atoms with van der Waals surface area (Å²) in [5.41, 5.74) is 6.26. The van der Waals surface area contributed by atoms with Gasteiger partial charge in [-0.25, -0.2) is 0 Å². The van der Waals surface area contributed by atoms with Crippen molar-refractivity contribution in [2.75, 3.05) is 37.6 Å². The Kier molecular flexibility index (Phi) is 4.02. The number of benzene rings is 1. The summed E-state index contributed by atoms with van der Waals surface area (Å²) in [7, 11) is 0. The summed E-state index contributed by atoms with van der Waals surface area (Å²) < 4.78 is 0. The molecule has 2 aliphatic rings. The SMILES string of the molecule is NC1(C(=O)NCC(=O)N2CCN(c3ccccc3)CC2)CC1. The first-order chi connectivity index (χ1) is 10.6. The number of anilines is 1. The first kappa shape index (κ1) is 14.8. The molecule has 1 aliphatic carbocycles. The van der Waals surface area contributed by atoms with Crippen molar-refractivity contribution in [1.82, 2.24) is 10.2 Å². The van der Waals surface area contributed by atoms with Gasteiger partial charge >= 0.3 is 0 Å². The van der Waals surface area contributed by atoms with Gasteiger partial charge in [0.25, 0.3) is 0 Å². The second-order valence-corrected chi connectivity index (χ2v) is 6.04. The molecule has 0 radical (unpaired) electrons. The maximum atomic E-state index is 12.1. The molecule has 0 spiro atoms. The second kappa shape index (κ2) is 5.96. The van der Waals surface area contributed by atoms with Gasteiger partial charge in [-0.2, -0.15) is 0 Å². The maximum absolute atomic E-state index is 12.1. The third-order valence-corrected chi connectivity index (χ3v) is 4.39. The van der Waals surface area contributed by atoms with E-state index >= 15 is 0 Å². The molecular formula is C16H22N4O2. The lowest BCUT2D eigenvalue weighted by atomic mass is 10.2. The Morgan fingerprint density at radius 3 is 2.32 bits per heavy atom. The Morgan fingerprint density at radius 1 is 1.09 bits per heavy atom. The third kappa shape index (κ3) is 3.22. The predicted octanol–water partition coefficient (Wildman–Crippen LogP) is -0.0573. The van der Waals surface area contributed by atoms with E-state index in [0.717, 1.165) is 13.1 Å². The standard InChI is InChI=1S/C16H22N4O2/c17-16(6-7-16)15(22)18-12-14(21)20-10-8-19(9-11-20)13-4-2-1-3-5-13/h1-5H,6-12,17H2,(H,18,22). The van der Waals surface area contributed by atoms with Crippen LogP contribution in [0, 0.1) is 0 Å². The number of nitrogens with two attached hydrogens (primary N) is 1. The summed E-state index contributed by atoms with van der Waals surface area (Å²) in [6.07, 6.45) is 1.42. The molecule has 1 aromatic rings. The molecule has 2 fully saturated rings. The van der Waals surface area contributed by atoms with E-state index in [1.807, 2.05) is 18.2 Å². The molecule has 1 saturated heterocycles. The molecule has 3 N–H and O–H groups in total. The smallest absolute Gasteiger partial charge is 0.242 e. The van der Waals surface area contributed by atoms with Crippen molar-refractivity contribution in [2.24, 2.45) is 5.73 Å². The van der Waals surface area contributed by atoms with Crippen LogP contribution < -0.4 is 16.0 Å². The van der Waals surface area contributed by atoms with Gasteiger partial charge < -0.3 is 20.9 Å². The number of piperazine rings is 1. The molecule has 1 heterocycles. The van der Waals surface area contributed by atoms with Crippen LogP contribution in [0.2, 0.25) is 0 Å². The van der Waals surface area contributed by atoms with Gasteiger partial charge in [0.2, 0.25) is 11.8 Å². The van der Waals surface area contributed by atoms with Crippen LogP contribution in [-0.2, 0) is 9.59 Å². The molecule has 1 saturated carbocycles. The molecule has 6 nitrogen and oxygen atoms in total. The van der Waals surface area contributed by atoms with E-state index < -0.39 is 5.54 Å². The number of nitrogens with one attached hydrogen (secondary N) is 1. The zero-order valence-electron chi connectivity index (χ0n) is 12.6. The molecule has 3 rings (SSSR count). The quantitative estimate of drug-likeness (QED) is 0.817. The monoisotopic (exact) mass is 302 g/mol. The van der Waals surface area contributed by atoms with Gasteiger partial charge in [-0.05, 0) is 25.0 Å². The normalized spacial score (nSPS) is 19.7. The van der Waals surface area contributed by atoms with E-state index in [1.54, 1.807) is 4.90 Å². The first-order valence-corrected chi connectivity index (χ1v) is 7.73. The topological polar surface area (TPSA) is 78.7 Å². The van der Waals surface area contributed by atoms with Crippen LogP contribution in [0.25, 0.3) is 0 Å². The molecule has 1 aromatic carbocycles. The van der Waals surface area contributed by atoms with E-state index in [4.69, 9.17) is 5.73 Å². The molecule has 0 aromatic heterocycles. The fourth-order valence-electron chi connectivity index (χ4n) is 2.66. The van der Waals surface area contributed by atoms with Crippen molar-refractivity contribution >= 4 is 17.5 Å². The lowest BCUT2D eigenvalue weighted by molar-refractivity contribution is -0.133. The van der Waals surface area contributed by atoms with E-state index in [2.05, 4.69) is 22.3 Å². The lowest BCUT2D eigenvalue weighted by Crippen LogP contribution is -2.52.